The van der Waals surface area contributed by atoms with Crippen molar-refractivity contribution in [3.8, 4) is 0 Å². The first-order valence-corrected chi connectivity index (χ1v) is 6.15. The molecule has 1 fully saturated rings. The Labute approximate surface area is 101 Å². The SMILES string of the molecule is CN1C2C=C(c3nc(Cl)cn3C)CC1CC2. The number of fused-ring (bicyclic) bond motifs is 2. The molecule has 0 saturated carbocycles. The van der Waals surface area contributed by atoms with Crippen LogP contribution in [0.2, 0.25) is 5.15 Å². The Kier molecular flexibility index (Phi) is 2.33. The lowest BCUT2D eigenvalue weighted by atomic mass is 10.0. The molecule has 3 nitrogen and oxygen atoms in total. The molecule has 1 saturated heterocycles. The van der Waals surface area contributed by atoms with Gasteiger partial charge in [0.05, 0.1) is 0 Å². The summed E-state index contributed by atoms with van der Waals surface area (Å²) in [5.74, 6) is 1.04. The van der Waals surface area contributed by atoms with Gasteiger partial charge in [0, 0.05) is 25.3 Å². The van der Waals surface area contributed by atoms with Gasteiger partial charge in [-0.2, -0.15) is 0 Å². The third-order valence-electron chi connectivity index (χ3n) is 3.88. The van der Waals surface area contributed by atoms with E-state index >= 15 is 0 Å². The van der Waals surface area contributed by atoms with Gasteiger partial charge in [0.2, 0.25) is 0 Å². The van der Waals surface area contributed by atoms with E-state index in [2.05, 4.69) is 23.0 Å². The maximum absolute atomic E-state index is 5.93. The lowest BCUT2D eigenvalue weighted by Crippen LogP contribution is -2.34. The van der Waals surface area contributed by atoms with E-state index in [0.29, 0.717) is 17.2 Å². The van der Waals surface area contributed by atoms with Crippen molar-refractivity contribution >= 4 is 17.2 Å². The second-order valence-electron chi connectivity index (χ2n) is 4.86. The summed E-state index contributed by atoms with van der Waals surface area (Å²) < 4.78 is 2.03. The van der Waals surface area contributed by atoms with Crippen LogP contribution in [0.5, 0.6) is 0 Å². The summed E-state index contributed by atoms with van der Waals surface area (Å²) in [7, 11) is 4.23. The van der Waals surface area contributed by atoms with Gasteiger partial charge >= 0.3 is 0 Å². The highest BCUT2D eigenvalue weighted by Crippen LogP contribution is 2.37. The van der Waals surface area contributed by atoms with Crippen LogP contribution in [0.25, 0.3) is 5.57 Å². The van der Waals surface area contributed by atoms with Gasteiger partial charge in [0.1, 0.15) is 11.0 Å². The molecule has 0 amide bonds. The van der Waals surface area contributed by atoms with Crippen LogP contribution in [0.15, 0.2) is 12.3 Å². The van der Waals surface area contributed by atoms with Crippen LogP contribution >= 0.6 is 11.6 Å². The maximum atomic E-state index is 5.93. The average Bonchev–Trinajstić information content (AvgIpc) is 2.65. The predicted octanol–water partition coefficient (Wildman–Crippen LogP) is 2.32. The Bertz CT molecular complexity index is 449. The minimum Gasteiger partial charge on any atom is -0.333 e. The first kappa shape index (κ1) is 10.4. The minimum absolute atomic E-state index is 0.588. The highest BCUT2D eigenvalue weighted by Gasteiger charge is 2.34. The molecule has 2 bridgehead atoms. The number of imidazole rings is 1. The maximum Gasteiger partial charge on any atom is 0.147 e. The van der Waals surface area contributed by atoms with Gasteiger partial charge in [-0.3, -0.25) is 4.90 Å². The fourth-order valence-electron chi connectivity index (χ4n) is 2.94. The number of halogens is 1. The Morgan fingerprint density at radius 1 is 1.38 bits per heavy atom. The van der Waals surface area contributed by atoms with E-state index in [-0.39, 0.29) is 0 Å². The van der Waals surface area contributed by atoms with Crippen LogP contribution in [0.4, 0.5) is 0 Å². The van der Waals surface area contributed by atoms with E-state index in [1.54, 1.807) is 0 Å². The van der Waals surface area contributed by atoms with Gasteiger partial charge in [0.15, 0.2) is 0 Å². The molecule has 1 aromatic rings. The van der Waals surface area contributed by atoms with E-state index in [4.69, 9.17) is 11.6 Å². The molecule has 0 aliphatic carbocycles. The molecule has 0 N–H and O–H groups in total. The van der Waals surface area contributed by atoms with Crippen molar-refractivity contribution < 1.29 is 0 Å². The Balaban J connectivity index is 1.97. The summed E-state index contributed by atoms with van der Waals surface area (Å²) in [6.45, 7) is 0. The van der Waals surface area contributed by atoms with Crippen molar-refractivity contribution in [1.29, 1.82) is 0 Å². The summed E-state index contributed by atoms with van der Waals surface area (Å²) in [5.41, 5.74) is 1.36. The molecule has 0 aromatic carbocycles. The molecule has 86 valence electrons. The van der Waals surface area contributed by atoms with Crippen LogP contribution in [0, 0.1) is 0 Å². The van der Waals surface area contributed by atoms with Crippen molar-refractivity contribution in [3.63, 3.8) is 0 Å². The second kappa shape index (κ2) is 3.60. The van der Waals surface area contributed by atoms with E-state index in [1.807, 2.05) is 17.8 Å². The molecule has 4 heteroatoms. The van der Waals surface area contributed by atoms with Gasteiger partial charge in [-0.1, -0.05) is 17.7 Å². The Morgan fingerprint density at radius 2 is 2.19 bits per heavy atom. The highest BCUT2D eigenvalue weighted by molar-refractivity contribution is 6.29. The average molecular weight is 238 g/mol. The quantitative estimate of drug-likeness (QED) is 0.748. The lowest BCUT2D eigenvalue weighted by Gasteiger charge is -2.30. The molecule has 1 aromatic heterocycles. The van der Waals surface area contributed by atoms with Gasteiger partial charge < -0.3 is 4.57 Å². The van der Waals surface area contributed by atoms with Crippen LogP contribution in [0.1, 0.15) is 25.1 Å². The van der Waals surface area contributed by atoms with Crippen LogP contribution in [-0.2, 0) is 7.05 Å². The molecular weight excluding hydrogens is 222 g/mol. The summed E-state index contributed by atoms with van der Waals surface area (Å²) in [6, 6.07) is 1.30. The molecule has 0 spiro atoms. The standard InChI is InChI=1S/C12H16ClN3/c1-15-7-11(13)14-12(15)8-5-9-3-4-10(6-8)16(9)2/h5,7,9-10H,3-4,6H2,1-2H3. The molecule has 3 heterocycles. The molecule has 3 rings (SSSR count). The van der Waals surface area contributed by atoms with Gasteiger partial charge in [-0.05, 0) is 31.9 Å². The van der Waals surface area contributed by atoms with Crippen molar-refractivity contribution in [1.82, 2.24) is 14.5 Å². The monoisotopic (exact) mass is 237 g/mol. The van der Waals surface area contributed by atoms with Crippen molar-refractivity contribution in [2.75, 3.05) is 7.05 Å². The van der Waals surface area contributed by atoms with Crippen LogP contribution < -0.4 is 0 Å². The smallest absolute Gasteiger partial charge is 0.147 e. The molecule has 2 unspecified atom stereocenters. The van der Waals surface area contributed by atoms with Crippen molar-refractivity contribution in [2.24, 2.45) is 7.05 Å². The van der Waals surface area contributed by atoms with Crippen molar-refractivity contribution in [2.45, 2.75) is 31.3 Å². The number of likely N-dealkylation sites (N-methyl/N-ethyl adjacent to an activating group) is 1. The molecule has 2 aliphatic rings. The number of rotatable bonds is 1. The molecular formula is C12H16ClN3. The predicted molar refractivity (Wildman–Crippen MR) is 65.4 cm³/mol. The highest BCUT2D eigenvalue weighted by atomic mass is 35.5. The van der Waals surface area contributed by atoms with Crippen molar-refractivity contribution in [3.05, 3.63) is 23.3 Å². The first-order chi connectivity index (χ1) is 7.65. The van der Waals surface area contributed by atoms with E-state index < -0.39 is 0 Å². The number of nitrogens with zero attached hydrogens (tertiary/aromatic N) is 3. The van der Waals surface area contributed by atoms with Crippen LogP contribution in [0.3, 0.4) is 0 Å². The molecule has 2 aliphatic heterocycles. The van der Waals surface area contributed by atoms with E-state index in [1.165, 1.54) is 18.4 Å². The molecule has 16 heavy (non-hydrogen) atoms. The normalized spacial score (nSPS) is 29.6. The lowest BCUT2D eigenvalue weighted by molar-refractivity contribution is 0.264. The third kappa shape index (κ3) is 1.50. The number of aryl methyl sites for hydroxylation is 1. The fraction of sp³-hybridized carbons (Fsp3) is 0.583. The summed E-state index contributed by atoms with van der Waals surface area (Å²) in [5, 5.41) is 0.588. The summed E-state index contributed by atoms with van der Waals surface area (Å²) >= 11 is 5.93. The van der Waals surface area contributed by atoms with Gasteiger partial charge in [-0.15, -0.1) is 0 Å². The Hall–Kier alpha value is -0.800. The summed E-state index contributed by atoms with van der Waals surface area (Å²) in [6.07, 6.45) is 7.93. The Morgan fingerprint density at radius 3 is 2.81 bits per heavy atom. The van der Waals surface area contributed by atoms with E-state index in [9.17, 15) is 0 Å². The molecule has 0 radical (unpaired) electrons. The van der Waals surface area contributed by atoms with E-state index in [0.717, 1.165) is 12.2 Å². The topological polar surface area (TPSA) is 21.1 Å². The third-order valence-corrected chi connectivity index (χ3v) is 4.06. The number of hydrogen-bond donors (Lipinski definition) is 0. The summed E-state index contributed by atoms with van der Waals surface area (Å²) in [4.78, 5) is 6.88. The zero-order valence-electron chi connectivity index (χ0n) is 9.65. The zero-order valence-corrected chi connectivity index (χ0v) is 10.4. The minimum atomic E-state index is 0.588. The molecule has 2 atom stereocenters. The van der Waals surface area contributed by atoms with Gasteiger partial charge in [-0.25, -0.2) is 4.98 Å². The van der Waals surface area contributed by atoms with Gasteiger partial charge in [0.25, 0.3) is 0 Å². The number of aromatic nitrogens is 2. The zero-order chi connectivity index (χ0) is 11.3. The van der Waals surface area contributed by atoms with Crippen LogP contribution in [-0.4, -0.2) is 33.6 Å². The largest absolute Gasteiger partial charge is 0.333 e. The second-order valence-corrected chi connectivity index (χ2v) is 5.25. The fourth-order valence-corrected chi connectivity index (χ4v) is 3.16. The first-order valence-electron chi connectivity index (χ1n) is 5.77. The number of hydrogen-bond acceptors (Lipinski definition) is 2.